The molecule has 1 aromatic carbocycles. The van der Waals surface area contributed by atoms with E-state index in [0.717, 1.165) is 36.8 Å². The van der Waals surface area contributed by atoms with Crippen LogP contribution in [0.1, 0.15) is 32.3 Å². The number of hydrogen-bond donors (Lipinski definition) is 1. The van der Waals surface area contributed by atoms with Crippen molar-refractivity contribution in [2.24, 2.45) is 0 Å². The second-order valence-corrected chi connectivity index (χ2v) is 5.41. The molecule has 0 spiro atoms. The monoisotopic (exact) mass is 326 g/mol. The molecule has 4 heteroatoms. The lowest BCUT2D eigenvalue weighted by Crippen LogP contribution is -2.41. The highest BCUT2D eigenvalue weighted by atomic mass is 79.9. The summed E-state index contributed by atoms with van der Waals surface area (Å²) < 4.78 is 1.10. The van der Waals surface area contributed by atoms with E-state index in [-0.39, 0.29) is 6.03 Å². The van der Waals surface area contributed by atoms with Gasteiger partial charge in [-0.1, -0.05) is 48.0 Å². The molecule has 1 N–H and O–H groups in total. The van der Waals surface area contributed by atoms with E-state index >= 15 is 0 Å². The Hall–Kier alpha value is -1.03. The van der Waals surface area contributed by atoms with E-state index in [2.05, 4.69) is 41.2 Å². The van der Waals surface area contributed by atoms with Crippen LogP contribution >= 0.6 is 15.9 Å². The van der Waals surface area contributed by atoms with Gasteiger partial charge in [0, 0.05) is 24.1 Å². The quantitative estimate of drug-likeness (QED) is 0.811. The number of nitrogens with one attached hydrogen (secondary N) is 1. The fourth-order valence-corrected chi connectivity index (χ4v) is 2.45. The maximum absolute atomic E-state index is 12.0. The summed E-state index contributed by atoms with van der Waals surface area (Å²) in [4.78, 5) is 13.9. The molecule has 2 amide bonds. The summed E-state index contributed by atoms with van der Waals surface area (Å²) in [5.41, 5.74) is 1.22. The number of rotatable bonds is 7. The van der Waals surface area contributed by atoms with Crippen LogP contribution in [0, 0.1) is 0 Å². The third kappa shape index (κ3) is 5.64. The SMILES string of the molecule is CCCN(CCC)C(=O)NCCc1ccccc1Br. The van der Waals surface area contributed by atoms with Gasteiger partial charge in [-0.2, -0.15) is 0 Å². The smallest absolute Gasteiger partial charge is 0.317 e. The van der Waals surface area contributed by atoms with Crippen molar-refractivity contribution in [2.45, 2.75) is 33.1 Å². The predicted molar refractivity (Wildman–Crippen MR) is 83.4 cm³/mol. The molecular weight excluding hydrogens is 304 g/mol. The van der Waals surface area contributed by atoms with Crippen LogP contribution in [0.2, 0.25) is 0 Å². The van der Waals surface area contributed by atoms with Gasteiger partial charge in [0.1, 0.15) is 0 Å². The molecule has 0 heterocycles. The first-order chi connectivity index (χ1) is 9.19. The van der Waals surface area contributed by atoms with E-state index in [0.29, 0.717) is 6.54 Å². The number of carbonyl (C=O) groups is 1. The van der Waals surface area contributed by atoms with Gasteiger partial charge >= 0.3 is 6.03 Å². The Balaban J connectivity index is 2.39. The molecule has 0 saturated carbocycles. The Morgan fingerprint density at radius 1 is 1.21 bits per heavy atom. The molecule has 106 valence electrons. The van der Waals surface area contributed by atoms with Gasteiger partial charge in [0.2, 0.25) is 0 Å². The molecule has 0 bridgehead atoms. The second kappa shape index (κ2) is 8.97. The molecule has 3 nitrogen and oxygen atoms in total. The predicted octanol–water partition coefficient (Wildman–Crippen LogP) is 3.82. The Morgan fingerprint density at radius 2 is 1.84 bits per heavy atom. The first kappa shape index (κ1) is 16.0. The van der Waals surface area contributed by atoms with Crippen molar-refractivity contribution in [1.29, 1.82) is 0 Å². The molecule has 0 aromatic heterocycles. The lowest BCUT2D eigenvalue weighted by molar-refractivity contribution is 0.198. The van der Waals surface area contributed by atoms with Crippen LogP contribution in [0.15, 0.2) is 28.7 Å². The zero-order valence-corrected chi connectivity index (χ0v) is 13.4. The van der Waals surface area contributed by atoms with Crippen molar-refractivity contribution in [3.05, 3.63) is 34.3 Å². The maximum atomic E-state index is 12.0. The topological polar surface area (TPSA) is 32.3 Å². The molecule has 0 saturated heterocycles. The lowest BCUT2D eigenvalue weighted by Gasteiger charge is -2.21. The van der Waals surface area contributed by atoms with Crippen LogP contribution in [0.5, 0.6) is 0 Å². The van der Waals surface area contributed by atoms with Crippen LogP contribution in [0.25, 0.3) is 0 Å². The van der Waals surface area contributed by atoms with Gasteiger partial charge < -0.3 is 10.2 Å². The number of amides is 2. The summed E-state index contributed by atoms with van der Waals surface area (Å²) in [6, 6.07) is 8.17. The average molecular weight is 327 g/mol. The van der Waals surface area contributed by atoms with Crippen LogP contribution in [-0.4, -0.2) is 30.6 Å². The number of halogens is 1. The van der Waals surface area contributed by atoms with Gasteiger partial charge in [0.05, 0.1) is 0 Å². The van der Waals surface area contributed by atoms with Gasteiger partial charge in [-0.25, -0.2) is 4.79 Å². The van der Waals surface area contributed by atoms with E-state index in [1.807, 2.05) is 23.1 Å². The summed E-state index contributed by atoms with van der Waals surface area (Å²) in [6.07, 6.45) is 2.84. The minimum Gasteiger partial charge on any atom is -0.338 e. The van der Waals surface area contributed by atoms with Gasteiger partial charge in [0.15, 0.2) is 0 Å². The molecule has 0 fully saturated rings. The summed E-state index contributed by atoms with van der Waals surface area (Å²) in [5.74, 6) is 0. The normalized spacial score (nSPS) is 10.3. The average Bonchev–Trinajstić information content (AvgIpc) is 2.40. The lowest BCUT2D eigenvalue weighted by atomic mass is 10.1. The van der Waals surface area contributed by atoms with Crippen molar-refractivity contribution in [2.75, 3.05) is 19.6 Å². The van der Waals surface area contributed by atoms with Gasteiger partial charge in [-0.15, -0.1) is 0 Å². The summed E-state index contributed by atoms with van der Waals surface area (Å²) in [6.45, 7) is 6.52. The summed E-state index contributed by atoms with van der Waals surface area (Å²) >= 11 is 3.52. The minimum absolute atomic E-state index is 0.0516. The van der Waals surface area contributed by atoms with Crippen LogP contribution in [-0.2, 0) is 6.42 Å². The van der Waals surface area contributed by atoms with Crippen LogP contribution in [0.4, 0.5) is 4.79 Å². The molecule has 19 heavy (non-hydrogen) atoms. The molecule has 0 aliphatic rings. The highest BCUT2D eigenvalue weighted by Crippen LogP contribution is 2.15. The van der Waals surface area contributed by atoms with Gasteiger partial charge in [0.25, 0.3) is 0 Å². The molecule has 1 rings (SSSR count). The second-order valence-electron chi connectivity index (χ2n) is 4.56. The maximum Gasteiger partial charge on any atom is 0.317 e. The molecule has 0 aliphatic heterocycles. The van der Waals surface area contributed by atoms with E-state index in [4.69, 9.17) is 0 Å². The van der Waals surface area contributed by atoms with E-state index < -0.39 is 0 Å². The highest BCUT2D eigenvalue weighted by Gasteiger charge is 2.10. The fourth-order valence-electron chi connectivity index (χ4n) is 1.97. The van der Waals surface area contributed by atoms with E-state index in [9.17, 15) is 4.79 Å². The van der Waals surface area contributed by atoms with E-state index in [1.54, 1.807) is 0 Å². The summed E-state index contributed by atoms with van der Waals surface area (Å²) in [5, 5.41) is 2.99. The fraction of sp³-hybridized carbons (Fsp3) is 0.533. The van der Waals surface area contributed by atoms with E-state index in [1.165, 1.54) is 5.56 Å². The van der Waals surface area contributed by atoms with Gasteiger partial charge in [-0.05, 0) is 30.9 Å². The molecule has 0 aliphatic carbocycles. The van der Waals surface area contributed by atoms with Crippen molar-refractivity contribution in [1.82, 2.24) is 10.2 Å². The van der Waals surface area contributed by atoms with Crippen molar-refractivity contribution in [3.8, 4) is 0 Å². The Morgan fingerprint density at radius 3 is 2.42 bits per heavy atom. The number of urea groups is 1. The minimum atomic E-state index is 0.0516. The summed E-state index contributed by atoms with van der Waals surface area (Å²) in [7, 11) is 0. The first-order valence-corrected chi connectivity index (χ1v) is 7.74. The molecular formula is C15H23BrN2O. The largest absolute Gasteiger partial charge is 0.338 e. The van der Waals surface area contributed by atoms with Crippen LogP contribution < -0.4 is 5.32 Å². The zero-order valence-electron chi connectivity index (χ0n) is 11.8. The van der Waals surface area contributed by atoms with Crippen molar-refractivity contribution in [3.63, 3.8) is 0 Å². The third-order valence-electron chi connectivity index (χ3n) is 2.90. The standard InChI is InChI=1S/C15H23BrN2O/c1-3-11-18(12-4-2)15(19)17-10-9-13-7-5-6-8-14(13)16/h5-8H,3-4,9-12H2,1-2H3,(H,17,19). The Kier molecular flexibility index (Phi) is 7.56. The molecule has 0 radical (unpaired) electrons. The number of hydrogen-bond acceptors (Lipinski definition) is 1. The zero-order chi connectivity index (χ0) is 14.1. The number of carbonyl (C=O) groups excluding carboxylic acids is 1. The first-order valence-electron chi connectivity index (χ1n) is 6.95. The highest BCUT2D eigenvalue weighted by molar-refractivity contribution is 9.10. The van der Waals surface area contributed by atoms with Gasteiger partial charge in [-0.3, -0.25) is 0 Å². The Bertz CT molecular complexity index is 389. The number of nitrogens with zero attached hydrogens (tertiary/aromatic N) is 1. The van der Waals surface area contributed by atoms with Crippen molar-refractivity contribution >= 4 is 22.0 Å². The third-order valence-corrected chi connectivity index (χ3v) is 3.68. The Labute approximate surface area is 124 Å². The van der Waals surface area contributed by atoms with Crippen molar-refractivity contribution < 1.29 is 4.79 Å². The molecule has 0 unspecified atom stereocenters. The molecule has 1 aromatic rings. The molecule has 0 atom stereocenters. The number of benzene rings is 1. The van der Waals surface area contributed by atoms with Crippen LogP contribution in [0.3, 0.4) is 0 Å².